The SMILES string of the molecule is Cc1cccc(C(=O)Nc2ccccc2SC(F)F)c1Br. The molecule has 0 radical (unpaired) electrons. The van der Waals surface area contributed by atoms with Crippen molar-refractivity contribution in [2.75, 3.05) is 5.32 Å². The van der Waals surface area contributed by atoms with Gasteiger partial charge in [0.15, 0.2) is 0 Å². The van der Waals surface area contributed by atoms with Gasteiger partial charge in [0.2, 0.25) is 0 Å². The summed E-state index contributed by atoms with van der Waals surface area (Å²) >= 11 is 3.78. The van der Waals surface area contributed by atoms with Crippen LogP contribution >= 0.6 is 27.7 Å². The second-order valence-electron chi connectivity index (χ2n) is 4.27. The first-order chi connectivity index (χ1) is 9.99. The lowest BCUT2D eigenvalue weighted by Gasteiger charge is -2.12. The maximum atomic E-state index is 12.5. The van der Waals surface area contributed by atoms with Gasteiger partial charge in [0.25, 0.3) is 11.7 Å². The van der Waals surface area contributed by atoms with Gasteiger partial charge in [0.05, 0.1) is 11.3 Å². The number of rotatable bonds is 4. The zero-order valence-electron chi connectivity index (χ0n) is 11.1. The molecule has 0 aliphatic heterocycles. The Kier molecular flexibility index (Phi) is 5.36. The van der Waals surface area contributed by atoms with Crippen molar-refractivity contribution in [1.82, 2.24) is 0 Å². The predicted octanol–water partition coefficient (Wildman–Crippen LogP) is 5.32. The van der Waals surface area contributed by atoms with Gasteiger partial charge in [-0.1, -0.05) is 36.0 Å². The average Bonchev–Trinajstić information content (AvgIpc) is 2.43. The number of carbonyl (C=O) groups is 1. The standard InChI is InChI=1S/C15H12BrF2NOS/c1-9-5-4-6-10(13(9)16)14(20)19-11-7-2-3-8-12(11)21-15(17)18/h2-8,15H,1H3,(H,19,20). The van der Waals surface area contributed by atoms with E-state index in [2.05, 4.69) is 21.2 Å². The van der Waals surface area contributed by atoms with Crippen LogP contribution in [0.2, 0.25) is 0 Å². The third kappa shape index (κ3) is 4.04. The normalized spacial score (nSPS) is 10.7. The highest BCUT2D eigenvalue weighted by Crippen LogP contribution is 2.32. The minimum Gasteiger partial charge on any atom is -0.321 e. The Balaban J connectivity index is 2.26. The summed E-state index contributed by atoms with van der Waals surface area (Å²) in [4.78, 5) is 12.6. The molecular formula is C15H12BrF2NOS. The maximum Gasteiger partial charge on any atom is 0.288 e. The van der Waals surface area contributed by atoms with E-state index >= 15 is 0 Å². The van der Waals surface area contributed by atoms with Crippen molar-refractivity contribution in [3.63, 3.8) is 0 Å². The zero-order chi connectivity index (χ0) is 15.4. The molecule has 2 aromatic carbocycles. The number of hydrogen-bond donors (Lipinski definition) is 1. The van der Waals surface area contributed by atoms with Crippen molar-refractivity contribution in [1.29, 1.82) is 0 Å². The minimum atomic E-state index is -2.53. The molecule has 2 aromatic rings. The number of nitrogens with one attached hydrogen (secondary N) is 1. The molecule has 0 saturated carbocycles. The van der Waals surface area contributed by atoms with E-state index in [1.54, 1.807) is 36.4 Å². The summed E-state index contributed by atoms with van der Waals surface area (Å²) in [5, 5.41) is 2.68. The number of benzene rings is 2. The van der Waals surface area contributed by atoms with Crippen LogP contribution in [-0.4, -0.2) is 11.7 Å². The van der Waals surface area contributed by atoms with Gasteiger partial charge >= 0.3 is 0 Å². The topological polar surface area (TPSA) is 29.1 Å². The van der Waals surface area contributed by atoms with Crippen LogP contribution in [0, 0.1) is 6.92 Å². The van der Waals surface area contributed by atoms with Gasteiger partial charge in [0.1, 0.15) is 0 Å². The fourth-order valence-corrected chi connectivity index (χ4v) is 2.82. The lowest BCUT2D eigenvalue weighted by molar-refractivity contribution is 0.102. The summed E-state index contributed by atoms with van der Waals surface area (Å²) in [6, 6.07) is 11.8. The molecule has 0 bridgehead atoms. The number of alkyl halides is 2. The highest BCUT2D eigenvalue weighted by Gasteiger charge is 2.15. The summed E-state index contributed by atoms with van der Waals surface area (Å²) in [5.74, 6) is -2.87. The summed E-state index contributed by atoms with van der Waals surface area (Å²) in [6.45, 7) is 1.88. The zero-order valence-corrected chi connectivity index (χ0v) is 13.5. The van der Waals surface area contributed by atoms with E-state index in [4.69, 9.17) is 0 Å². The Labute approximate surface area is 134 Å². The second kappa shape index (κ2) is 7.04. The molecular weight excluding hydrogens is 360 g/mol. The summed E-state index contributed by atoms with van der Waals surface area (Å²) < 4.78 is 25.7. The summed E-state index contributed by atoms with van der Waals surface area (Å²) in [6.07, 6.45) is 0. The van der Waals surface area contributed by atoms with Crippen molar-refractivity contribution in [3.8, 4) is 0 Å². The van der Waals surface area contributed by atoms with Crippen molar-refractivity contribution in [2.24, 2.45) is 0 Å². The first-order valence-electron chi connectivity index (χ1n) is 6.09. The van der Waals surface area contributed by atoms with Gasteiger partial charge < -0.3 is 5.32 Å². The van der Waals surface area contributed by atoms with Crippen LogP contribution in [-0.2, 0) is 0 Å². The molecule has 0 unspecified atom stereocenters. The molecule has 1 amide bonds. The number of para-hydroxylation sites is 1. The number of halogens is 3. The Morgan fingerprint density at radius 2 is 1.90 bits per heavy atom. The molecule has 6 heteroatoms. The smallest absolute Gasteiger partial charge is 0.288 e. The molecule has 2 rings (SSSR count). The van der Waals surface area contributed by atoms with Gasteiger partial charge in [-0.05, 0) is 46.6 Å². The molecule has 0 aromatic heterocycles. The molecule has 0 fully saturated rings. The van der Waals surface area contributed by atoms with Gasteiger partial charge in [-0.2, -0.15) is 8.78 Å². The van der Waals surface area contributed by atoms with Gasteiger partial charge in [-0.3, -0.25) is 4.79 Å². The van der Waals surface area contributed by atoms with Crippen LogP contribution in [0.25, 0.3) is 0 Å². The van der Waals surface area contributed by atoms with E-state index in [1.807, 2.05) is 13.0 Å². The second-order valence-corrected chi connectivity index (χ2v) is 6.09. The largest absolute Gasteiger partial charge is 0.321 e. The third-order valence-corrected chi connectivity index (χ3v) is 4.63. The number of aryl methyl sites for hydroxylation is 1. The van der Waals surface area contributed by atoms with Crippen LogP contribution in [0.1, 0.15) is 15.9 Å². The van der Waals surface area contributed by atoms with Crippen LogP contribution in [0.4, 0.5) is 14.5 Å². The van der Waals surface area contributed by atoms with E-state index in [-0.39, 0.29) is 5.91 Å². The Bertz CT molecular complexity index is 664. The molecule has 0 saturated heterocycles. The summed E-state index contributed by atoms with van der Waals surface area (Å²) in [5.41, 5.74) is 1.77. The van der Waals surface area contributed by atoms with Crippen molar-refractivity contribution in [3.05, 3.63) is 58.1 Å². The maximum absolute atomic E-state index is 12.5. The van der Waals surface area contributed by atoms with E-state index in [1.165, 1.54) is 0 Å². The number of carbonyl (C=O) groups excluding carboxylic acids is 1. The van der Waals surface area contributed by atoms with E-state index in [0.29, 0.717) is 32.4 Å². The number of thioether (sulfide) groups is 1. The molecule has 0 spiro atoms. The number of amides is 1. The Hall–Kier alpha value is -1.40. The third-order valence-electron chi connectivity index (χ3n) is 2.79. The predicted molar refractivity (Wildman–Crippen MR) is 85.1 cm³/mol. The first kappa shape index (κ1) is 16.0. The highest BCUT2D eigenvalue weighted by molar-refractivity contribution is 9.10. The van der Waals surface area contributed by atoms with Gasteiger partial charge in [-0.25, -0.2) is 0 Å². The molecule has 0 heterocycles. The lowest BCUT2D eigenvalue weighted by atomic mass is 10.1. The lowest BCUT2D eigenvalue weighted by Crippen LogP contribution is -2.13. The first-order valence-corrected chi connectivity index (χ1v) is 7.76. The molecule has 1 N–H and O–H groups in total. The Morgan fingerprint density at radius 3 is 2.62 bits per heavy atom. The fraction of sp³-hybridized carbons (Fsp3) is 0.133. The van der Waals surface area contributed by atoms with Crippen molar-refractivity contribution in [2.45, 2.75) is 17.6 Å². The molecule has 21 heavy (non-hydrogen) atoms. The molecule has 110 valence electrons. The van der Waals surface area contributed by atoms with E-state index < -0.39 is 5.76 Å². The minimum absolute atomic E-state index is 0.338. The van der Waals surface area contributed by atoms with Crippen LogP contribution in [0.3, 0.4) is 0 Å². The Morgan fingerprint density at radius 1 is 1.19 bits per heavy atom. The van der Waals surface area contributed by atoms with Crippen molar-refractivity contribution < 1.29 is 13.6 Å². The number of hydrogen-bond acceptors (Lipinski definition) is 2. The fourth-order valence-electron chi connectivity index (χ4n) is 1.78. The monoisotopic (exact) mass is 371 g/mol. The average molecular weight is 372 g/mol. The number of anilines is 1. The van der Waals surface area contributed by atoms with E-state index in [0.717, 1.165) is 5.56 Å². The van der Waals surface area contributed by atoms with Crippen molar-refractivity contribution >= 4 is 39.3 Å². The van der Waals surface area contributed by atoms with Gasteiger partial charge in [0, 0.05) is 9.37 Å². The molecule has 0 aliphatic carbocycles. The quantitative estimate of drug-likeness (QED) is 0.736. The van der Waals surface area contributed by atoms with Crippen LogP contribution in [0.5, 0.6) is 0 Å². The molecule has 0 aliphatic rings. The molecule has 2 nitrogen and oxygen atoms in total. The molecule has 0 atom stereocenters. The van der Waals surface area contributed by atoms with Crippen LogP contribution < -0.4 is 5.32 Å². The van der Waals surface area contributed by atoms with E-state index in [9.17, 15) is 13.6 Å². The summed E-state index contributed by atoms with van der Waals surface area (Å²) in [7, 11) is 0. The van der Waals surface area contributed by atoms with Gasteiger partial charge in [-0.15, -0.1) is 0 Å². The highest BCUT2D eigenvalue weighted by atomic mass is 79.9. The van der Waals surface area contributed by atoms with Crippen LogP contribution in [0.15, 0.2) is 51.8 Å².